The quantitative estimate of drug-likeness (QED) is 0.374. The molecule has 0 saturated carbocycles. The van der Waals surface area contributed by atoms with Crippen molar-refractivity contribution in [2.24, 2.45) is 0 Å². The molecular weight excluding hydrogens is 462 g/mol. The number of methoxy groups -OCH3 is 1. The van der Waals surface area contributed by atoms with Crippen molar-refractivity contribution in [1.29, 1.82) is 0 Å². The van der Waals surface area contributed by atoms with Crippen molar-refractivity contribution in [3.63, 3.8) is 0 Å². The topological polar surface area (TPSA) is 142 Å². The molecule has 4 aromatic rings. The Morgan fingerprint density at radius 2 is 1.82 bits per heavy atom. The number of aryl methyl sites for hydroxylation is 1. The van der Waals surface area contributed by atoms with Crippen LogP contribution in [-0.2, 0) is 14.6 Å². The van der Waals surface area contributed by atoms with E-state index in [9.17, 15) is 8.42 Å². The lowest BCUT2D eigenvalue weighted by Gasteiger charge is -2.16. The van der Waals surface area contributed by atoms with Crippen molar-refractivity contribution in [2.45, 2.75) is 25.0 Å². The summed E-state index contributed by atoms with van der Waals surface area (Å²) in [4.78, 5) is 11.2. The molecule has 0 radical (unpaired) electrons. The Kier molecular flexibility index (Phi) is 6.61. The van der Waals surface area contributed by atoms with Crippen LogP contribution in [-0.4, -0.2) is 59.6 Å². The molecule has 0 aliphatic heterocycles. The number of hydrogen-bond donors (Lipinski definition) is 1. The van der Waals surface area contributed by atoms with Crippen molar-refractivity contribution in [2.75, 3.05) is 20.0 Å². The molecule has 34 heavy (non-hydrogen) atoms. The molecule has 3 heterocycles. The average Bonchev–Trinajstić information content (AvgIpc) is 3.43. The van der Waals surface area contributed by atoms with E-state index in [1.165, 1.54) is 6.20 Å². The maximum absolute atomic E-state index is 11.6. The lowest BCUT2D eigenvalue weighted by Crippen LogP contribution is -2.17. The highest BCUT2D eigenvalue weighted by atomic mass is 32.2. The van der Waals surface area contributed by atoms with Gasteiger partial charge in [0.2, 0.25) is 11.8 Å². The second kappa shape index (κ2) is 9.61. The number of nitrogens with one attached hydrogen (secondary N) is 1. The number of aromatic nitrogens is 5. The monoisotopic (exact) mass is 485 g/mol. The van der Waals surface area contributed by atoms with Gasteiger partial charge in [0.25, 0.3) is 5.89 Å². The van der Waals surface area contributed by atoms with Crippen LogP contribution in [0.5, 0.6) is 17.4 Å². The van der Waals surface area contributed by atoms with Gasteiger partial charge in [0.15, 0.2) is 14.9 Å². The summed E-state index contributed by atoms with van der Waals surface area (Å²) in [6.07, 6.45) is 3.26. The highest BCUT2D eigenvalue weighted by Gasteiger charge is 2.14. The molecule has 12 heteroatoms. The Balaban J connectivity index is 1.66. The zero-order valence-corrected chi connectivity index (χ0v) is 19.8. The minimum absolute atomic E-state index is 0.133. The number of ether oxygens (including phenoxy) is 3. The van der Waals surface area contributed by atoms with Crippen LogP contribution in [0.4, 0.5) is 0 Å². The van der Waals surface area contributed by atoms with Crippen LogP contribution < -0.4 is 9.47 Å². The molecule has 0 bridgehead atoms. The molecule has 0 spiro atoms. The van der Waals surface area contributed by atoms with E-state index >= 15 is 0 Å². The van der Waals surface area contributed by atoms with E-state index in [0.717, 1.165) is 23.7 Å². The zero-order valence-electron chi connectivity index (χ0n) is 19.0. The molecule has 0 aliphatic rings. The summed E-state index contributed by atoms with van der Waals surface area (Å²) in [5, 5.41) is 7.74. The largest absolute Gasteiger partial charge is 0.488 e. The second-order valence-electron chi connectivity index (χ2n) is 7.56. The zero-order chi connectivity index (χ0) is 24.3. The van der Waals surface area contributed by atoms with Gasteiger partial charge in [-0.1, -0.05) is 0 Å². The standard InChI is InChI=1S/C22H23N5O6S/c1-13(12-30-3)31-16-7-15(18-5-6-19(25-18)22-27-26-14(2)32-22)8-17(9-16)33-20-10-24-21(11-23-20)34(4,28)29/h5-11,13,25H,12H2,1-4H3/t13-/m0/s1. The third-order valence-corrected chi connectivity index (χ3v) is 5.55. The van der Waals surface area contributed by atoms with Crippen LogP contribution in [0.1, 0.15) is 12.8 Å². The van der Waals surface area contributed by atoms with E-state index < -0.39 is 9.84 Å². The average molecular weight is 486 g/mol. The van der Waals surface area contributed by atoms with Crippen molar-refractivity contribution in [3.05, 3.63) is 48.6 Å². The van der Waals surface area contributed by atoms with Gasteiger partial charge in [-0.2, -0.15) is 0 Å². The van der Waals surface area contributed by atoms with Gasteiger partial charge in [-0.3, -0.25) is 0 Å². The van der Waals surface area contributed by atoms with Gasteiger partial charge in [0.05, 0.1) is 19.0 Å². The summed E-state index contributed by atoms with van der Waals surface area (Å²) >= 11 is 0. The smallest absolute Gasteiger partial charge is 0.264 e. The van der Waals surface area contributed by atoms with Crippen LogP contribution in [0.3, 0.4) is 0 Å². The van der Waals surface area contributed by atoms with Crippen molar-refractivity contribution < 1.29 is 27.0 Å². The maximum atomic E-state index is 11.6. The van der Waals surface area contributed by atoms with E-state index in [1.807, 2.05) is 25.1 Å². The first-order valence-electron chi connectivity index (χ1n) is 10.2. The minimum Gasteiger partial charge on any atom is -0.488 e. The molecule has 1 aromatic carbocycles. The molecule has 0 saturated heterocycles. The van der Waals surface area contributed by atoms with Crippen LogP contribution in [0.15, 0.2) is 52.2 Å². The van der Waals surface area contributed by atoms with Crippen molar-refractivity contribution in [1.82, 2.24) is 25.1 Å². The normalized spacial score (nSPS) is 12.5. The first-order valence-corrected chi connectivity index (χ1v) is 12.1. The Morgan fingerprint density at radius 3 is 2.47 bits per heavy atom. The van der Waals surface area contributed by atoms with E-state index in [2.05, 4.69) is 25.1 Å². The molecule has 0 unspecified atom stereocenters. The van der Waals surface area contributed by atoms with Crippen LogP contribution in [0.2, 0.25) is 0 Å². The Bertz CT molecular complexity index is 1380. The van der Waals surface area contributed by atoms with Gasteiger partial charge < -0.3 is 23.6 Å². The third-order valence-electron chi connectivity index (χ3n) is 4.58. The predicted octanol–water partition coefficient (Wildman–Crippen LogP) is 3.44. The predicted molar refractivity (Wildman–Crippen MR) is 121 cm³/mol. The Labute approximate surface area is 196 Å². The maximum Gasteiger partial charge on any atom is 0.264 e. The highest BCUT2D eigenvalue weighted by Crippen LogP contribution is 2.33. The highest BCUT2D eigenvalue weighted by molar-refractivity contribution is 7.90. The number of aromatic amines is 1. The number of hydrogen-bond acceptors (Lipinski definition) is 10. The van der Waals surface area contributed by atoms with Gasteiger partial charge in [0.1, 0.15) is 23.3 Å². The third kappa shape index (κ3) is 5.58. The first kappa shape index (κ1) is 23.4. The number of nitrogens with zero attached hydrogens (tertiary/aromatic N) is 4. The fraction of sp³-hybridized carbons (Fsp3) is 0.273. The lowest BCUT2D eigenvalue weighted by atomic mass is 10.1. The fourth-order valence-corrected chi connectivity index (χ4v) is 3.61. The minimum atomic E-state index is -3.46. The van der Waals surface area contributed by atoms with Gasteiger partial charge in [0, 0.05) is 37.6 Å². The molecule has 4 rings (SSSR count). The SMILES string of the molecule is COC[C@H](C)Oc1cc(Oc2cnc(S(C)(=O)=O)cn2)cc(-c2ccc(-c3nnc(C)o3)[nH]2)c1. The number of H-pyrrole nitrogens is 1. The summed E-state index contributed by atoms with van der Waals surface area (Å²) in [6, 6.07) is 9.05. The number of benzene rings is 1. The van der Waals surface area contributed by atoms with Crippen LogP contribution in [0.25, 0.3) is 22.8 Å². The van der Waals surface area contributed by atoms with Gasteiger partial charge in [-0.05, 0) is 31.2 Å². The molecule has 178 valence electrons. The van der Waals surface area contributed by atoms with E-state index in [4.69, 9.17) is 18.6 Å². The summed E-state index contributed by atoms with van der Waals surface area (Å²) in [6.45, 7) is 4.01. The number of sulfone groups is 1. The molecule has 11 nitrogen and oxygen atoms in total. The van der Waals surface area contributed by atoms with Gasteiger partial charge in [-0.25, -0.2) is 18.4 Å². The summed E-state index contributed by atoms with van der Waals surface area (Å²) in [5.74, 6) is 1.94. The van der Waals surface area contributed by atoms with Gasteiger partial charge in [-0.15, -0.1) is 10.2 Å². The molecule has 1 N–H and O–H groups in total. The van der Waals surface area contributed by atoms with Gasteiger partial charge >= 0.3 is 0 Å². The molecule has 1 atom stereocenters. The van der Waals surface area contributed by atoms with Crippen LogP contribution >= 0.6 is 0 Å². The van der Waals surface area contributed by atoms with Crippen molar-refractivity contribution >= 4 is 9.84 Å². The summed E-state index contributed by atoms with van der Waals surface area (Å²) in [5.41, 5.74) is 2.19. The Hall–Kier alpha value is -3.77. The Morgan fingerprint density at radius 1 is 1.06 bits per heavy atom. The molecule has 0 aliphatic carbocycles. The summed E-state index contributed by atoms with van der Waals surface area (Å²) < 4.78 is 45.7. The fourth-order valence-electron chi connectivity index (χ4n) is 3.12. The number of rotatable bonds is 9. The molecular formula is C22H23N5O6S. The van der Waals surface area contributed by atoms with E-state index in [0.29, 0.717) is 35.6 Å². The molecule has 3 aromatic heterocycles. The second-order valence-corrected chi connectivity index (χ2v) is 9.52. The van der Waals surface area contributed by atoms with E-state index in [-0.39, 0.29) is 17.0 Å². The summed E-state index contributed by atoms with van der Waals surface area (Å²) in [7, 11) is -1.86. The lowest BCUT2D eigenvalue weighted by molar-refractivity contribution is 0.0920. The van der Waals surface area contributed by atoms with E-state index in [1.54, 1.807) is 26.2 Å². The van der Waals surface area contributed by atoms with Crippen LogP contribution in [0, 0.1) is 6.92 Å². The van der Waals surface area contributed by atoms with Crippen molar-refractivity contribution in [3.8, 4) is 40.2 Å². The molecule has 0 fully saturated rings. The molecule has 0 amide bonds. The first-order chi connectivity index (χ1) is 16.2.